The Morgan fingerprint density at radius 2 is 1.95 bits per heavy atom. The highest BCUT2D eigenvalue weighted by Crippen LogP contribution is 2.32. The predicted octanol–water partition coefficient (Wildman–Crippen LogP) is 3.50. The van der Waals surface area contributed by atoms with E-state index in [1.807, 2.05) is 0 Å². The minimum absolute atomic E-state index is 0.975. The number of aliphatic imine (C=N–C) groups is 1. The number of hydrogen-bond acceptors (Lipinski definition) is 2. The molecule has 0 spiro atoms. The number of nitrogens with zero attached hydrogens (tertiary/aromatic N) is 2. The molecular formula is C15H24N2OSi. The average Bonchev–Trinajstić information content (AvgIpc) is 2.87. The molecule has 0 aliphatic carbocycles. The number of aryl methyl sites for hydroxylation is 1. The zero-order chi connectivity index (χ0) is 13.8. The van der Waals surface area contributed by atoms with Crippen molar-refractivity contribution in [1.82, 2.24) is 4.90 Å². The summed E-state index contributed by atoms with van der Waals surface area (Å²) >= 11 is 0. The van der Waals surface area contributed by atoms with Gasteiger partial charge in [-0.2, -0.15) is 0 Å². The molecule has 0 unspecified atom stereocenters. The lowest BCUT2D eigenvalue weighted by Crippen LogP contribution is -2.24. The SMILES string of the molecule is CC(=Nc1cccc(C)c1O[SiH](C)C)N1CCCC1. The Morgan fingerprint density at radius 1 is 1.26 bits per heavy atom. The van der Waals surface area contributed by atoms with Crippen LogP contribution in [0.15, 0.2) is 23.2 Å². The Morgan fingerprint density at radius 3 is 2.58 bits per heavy atom. The van der Waals surface area contributed by atoms with Crippen molar-refractivity contribution in [1.29, 1.82) is 0 Å². The Labute approximate surface area is 118 Å². The van der Waals surface area contributed by atoms with Crippen LogP contribution in [0.1, 0.15) is 25.3 Å². The molecule has 1 aromatic carbocycles. The van der Waals surface area contributed by atoms with Gasteiger partial charge in [-0.05, 0) is 51.4 Å². The van der Waals surface area contributed by atoms with Crippen molar-refractivity contribution in [2.24, 2.45) is 4.99 Å². The molecule has 0 radical (unpaired) electrons. The van der Waals surface area contributed by atoms with Crippen molar-refractivity contribution < 1.29 is 4.43 Å². The Kier molecular flexibility index (Phi) is 4.64. The van der Waals surface area contributed by atoms with Gasteiger partial charge in [-0.15, -0.1) is 0 Å². The van der Waals surface area contributed by atoms with Gasteiger partial charge in [0.25, 0.3) is 0 Å². The van der Waals surface area contributed by atoms with Gasteiger partial charge in [0.05, 0.1) is 0 Å². The van der Waals surface area contributed by atoms with E-state index in [2.05, 4.69) is 50.0 Å². The molecule has 1 aromatic rings. The Balaban J connectivity index is 2.28. The lowest BCUT2D eigenvalue weighted by atomic mass is 10.2. The van der Waals surface area contributed by atoms with Crippen molar-refractivity contribution in [2.75, 3.05) is 13.1 Å². The van der Waals surface area contributed by atoms with Crippen LogP contribution in [0, 0.1) is 6.92 Å². The molecule has 0 saturated carbocycles. The van der Waals surface area contributed by atoms with E-state index in [9.17, 15) is 0 Å². The lowest BCUT2D eigenvalue weighted by molar-refractivity contribution is 0.516. The first-order valence-corrected chi connectivity index (χ1v) is 9.92. The monoisotopic (exact) mass is 276 g/mol. The topological polar surface area (TPSA) is 24.8 Å². The second-order valence-electron chi connectivity index (χ2n) is 5.44. The second-order valence-corrected chi connectivity index (χ2v) is 7.78. The molecule has 1 aliphatic rings. The number of rotatable bonds is 3. The minimum Gasteiger partial charge on any atom is -0.545 e. The summed E-state index contributed by atoms with van der Waals surface area (Å²) in [6.45, 7) is 10.8. The standard InChI is InChI=1S/C15H24N2OSi/c1-12-8-7-9-14(15(12)18-19(3)4)16-13(2)17-10-5-6-11-17/h7-9,19H,5-6,10-11H2,1-4H3. The number of para-hydroxylation sites is 1. The third kappa shape index (κ3) is 3.59. The molecule has 4 heteroatoms. The van der Waals surface area contributed by atoms with E-state index < -0.39 is 9.04 Å². The normalized spacial score (nSPS) is 16.3. The van der Waals surface area contributed by atoms with Crippen molar-refractivity contribution in [2.45, 2.75) is 39.8 Å². The number of hydrogen-bond donors (Lipinski definition) is 0. The largest absolute Gasteiger partial charge is 0.545 e. The highest BCUT2D eigenvalue weighted by molar-refractivity contribution is 6.49. The maximum Gasteiger partial charge on any atom is 0.229 e. The molecule has 3 nitrogen and oxygen atoms in total. The molecule has 0 N–H and O–H groups in total. The van der Waals surface area contributed by atoms with Crippen LogP contribution in [0.5, 0.6) is 5.75 Å². The zero-order valence-electron chi connectivity index (χ0n) is 12.4. The van der Waals surface area contributed by atoms with Crippen molar-refractivity contribution >= 4 is 20.6 Å². The number of likely N-dealkylation sites (tertiary alicyclic amines) is 1. The fourth-order valence-electron chi connectivity index (χ4n) is 2.40. The van der Waals surface area contributed by atoms with Gasteiger partial charge >= 0.3 is 0 Å². The summed E-state index contributed by atoms with van der Waals surface area (Å²) in [5.74, 6) is 2.08. The average molecular weight is 276 g/mol. The molecule has 0 amide bonds. The summed E-state index contributed by atoms with van der Waals surface area (Å²) in [4.78, 5) is 7.15. The van der Waals surface area contributed by atoms with Crippen LogP contribution in [-0.2, 0) is 0 Å². The quantitative estimate of drug-likeness (QED) is 0.479. The fourth-order valence-corrected chi connectivity index (χ4v) is 3.18. The predicted molar refractivity (Wildman–Crippen MR) is 84.3 cm³/mol. The van der Waals surface area contributed by atoms with Gasteiger partial charge in [0.1, 0.15) is 17.3 Å². The minimum atomic E-state index is -1.11. The van der Waals surface area contributed by atoms with Gasteiger partial charge in [-0.25, -0.2) is 4.99 Å². The van der Waals surface area contributed by atoms with Crippen LogP contribution in [0.3, 0.4) is 0 Å². The molecule has 19 heavy (non-hydrogen) atoms. The van der Waals surface area contributed by atoms with Crippen LogP contribution in [0.25, 0.3) is 0 Å². The summed E-state index contributed by atoms with van der Waals surface area (Å²) in [6, 6.07) is 6.20. The maximum absolute atomic E-state index is 6.05. The molecule has 104 valence electrons. The van der Waals surface area contributed by atoms with Crippen molar-refractivity contribution in [3.8, 4) is 5.75 Å². The van der Waals surface area contributed by atoms with Crippen LogP contribution in [0.2, 0.25) is 13.1 Å². The van der Waals surface area contributed by atoms with Crippen molar-refractivity contribution in [3.63, 3.8) is 0 Å². The van der Waals surface area contributed by atoms with E-state index in [1.54, 1.807) is 0 Å². The third-order valence-electron chi connectivity index (χ3n) is 3.39. The Hall–Kier alpha value is -1.29. The van der Waals surface area contributed by atoms with Crippen LogP contribution < -0.4 is 4.43 Å². The first kappa shape index (κ1) is 14.1. The number of benzene rings is 1. The second kappa shape index (κ2) is 6.24. The molecular weight excluding hydrogens is 252 g/mol. The molecule has 0 bridgehead atoms. The van der Waals surface area contributed by atoms with Gasteiger partial charge < -0.3 is 9.33 Å². The summed E-state index contributed by atoms with van der Waals surface area (Å²) < 4.78 is 6.05. The van der Waals surface area contributed by atoms with Crippen LogP contribution in [-0.4, -0.2) is 32.9 Å². The summed E-state index contributed by atoms with van der Waals surface area (Å²) in [6.07, 6.45) is 2.56. The van der Waals surface area contributed by atoms with Crippen molar-refractivity contribution in [3.05, 3.63) is 23.8 Å². The summed E-state index contributed by atoms with van der Waals surface area (Å²) in [5.41, 5.74) is 2.15. The zero-order valence-corrected chi connectivity index (χ0v) is 13.6. The van der Waals surface area contributed by atoms with Crippen LogP contribution >= 0.6 is 0 Å². The van der Waals surface area contributed by atoms with E-state index >= 15 is 0 Å². The summed E-state index contributed by atoms with van der Waals surface area (Å²) in [7, 11) is -1.11. The van der Waals surface area contributed by atoms with E-state index in [0.29, 0.717) is 0 Å². The highest BCUT2D eigenvalue weighted by atomic mass is 28.3. The molecule has 2 rings (SSSR count). The van der Waals surface area contributed by atoms with Gasteiger partial charge in [0, 0.05) is 13.1 Å². The van der Waals surface area contributed by atoms with E-state index in [-0.39, 0.29) is 0 Å². The Bertz CT molecular complexity index is 465. The van der Waals surface area contributed by atoms with E-state index in [1.165, 1.54) is 18.4 Å². The molecule has 0 aromatic heterocycles. The third-order valence-corrected chi connectivity index (χ3v) is 4.10. The first-order chi connectivity index (χ1) is 9.08. The van der Waals surface area contributed by atoms with Gasteiger partial charge in [0.2, 0.25) is 9.04 Å². The van der Waals surface area contributed by atoms with Crippen LogP contribution in [0.4, 0.5) is 5.69 Å². The maximum atomic E-state index is 6.05. The van der Waals surface area contributed by atoms with Gasteiger partial charge in [-0.3, -0.25) is 0 Å². The molecule has 0 atom stereocenters. The number of amidine groups is 1. The van der Waals surface area contributed by atoms with E-state index in [4.69, 9.17) is 9.42 Å². The van der Waals surface area contributed by atoms with E-state index in [0.717, 1.165) is 30.4 Å². The smallest absolute Gasteiger partial charge is 0.229 e. The first-order valence-electron chi connectivity index (χ1n) is 7.14. The fraction of sp³-hybridized carbons (Fsp3) is 0.533. The molecule has 1 fully saturated rings. The van der Waals surface area contributed by atoms with Gasteiger partial charge in [-0.1, -0.05) is 12.1 Å². The molecule has 1 saturated heterocycles. The lowest BCUT2D eigenvalue weighted by Gasteiger charge is -2.19. The highest BCUT2D eigenvalue weighted by Gasteiger charge is 2.14. The molecule has 1 heterocycles. The molecule has 1 aliphatic heterocycles. The summed E-state index contributed by atoms with van der Waals surface area (Å²) in [5, 5.41) is 0. The van der Waals surface area contributed by atoms with Gasteiger partial charge in [0.15, 0.2) is 0 Å².